The number of rotatable bonds is 3. The van der Waals surface area contributed by atoms with Gasteiger partial charge in [0.15, 0.2) is 0 Å². The molecule has 0 spiro atoms. The van der Waals surface area contributed by atoms with Gasteiger partial charge in [0.1, 0.15) is 5.54 Å². The smallest absolute Gasteiger partial charge is 0.244 e. The van der Waals surface area contributed by atoms with Gasteiger partial charge in [0.2, 0.25) is 5.91 Å². The first-order chi connectivity index (χ1) is 8.06. The van der Waals surface area contributed by atoms with E-state index in [-0.39, 0.29) is 12.6 Å². The summed E-state index contributed by atoms with van der Waals surface area (Å²) in [7, 11) is 0. The number of hydrogen-bond donors (Lipinski definition) is 2. The second kappa shape index (κ2) is 4.47. The molecule has 1 aromatic carbocycles. The Kier molecular flexibility index (Phi) is 3.17. The predicted octanol–water partition coefficient (Wildman–Crippen LogP) is 0.895. The molecule has 3 N–H and O–H groups in total. The maximum absolute atomic E-state index is 11.9. The largest absolute Gasteiger partial charge is 0.374 e. The third-order valence-electron chi connectivity index (χ3n) is 3.01. The summed E-state index contributed by atoms with van der Waals surface area (Å²) in [5.74, 6) is -0.390. The molecule has 0 aromatic heterocycles. The van der Waals surface area contributed by atoms with Crippen molar-refractivity contribution in [1.29, 1.82) is 0 Å². The van der Waals surface area contributed by atoms with E-state index in [0.717, 1.165) is 11.1 Å². The lowest BCUT2D eigenvalue weighted by Gasteiger charge is -2.38. The van der Waals surface area contributed by atoms with Crippen LogP contribution in [0.2, 0.25) is 0 Å². The van der Waals surface area contributed by atoms with E-state index >= 15 is 0 Å². The van der Waals surface area contributed by atoms with E-state index in [1.54, 1.807) is 0 Å². The quantitative estimate of drug-likeness (QED) is 0.816. The Morgan fingerprint density at radius 3 is 2.82 bits per heavy atom. The highest BCUT2D eigenvalue weighted by Crippen LogP contribution is 2.30. The highest BCUT2D eigenvalue weighted by Gasteiger charge is 2.43. The van der Waals surface area contributed by atoms with E-state index in [2.05, 4.69) is 5.32 Å². The SMILES string of the molecule is CC(C)NC1(C(N)=O)COCc2ccccc21. The molecule has 0 fully saturated rings. The van der Waals surface area contributed by atoms with Crippen LogP contribution in [-0.2, 0) is 21.7 Å². The number of carbonyl (C=O) groups is 1. The molecule has 17 heavy (non-hydrogen) atoms. The van der Waals surface area contributed by atoms with Gasteiger partial charge in [-0.15, -0.1) is 0 Å². The van der Waals surface area contributed by atoms with Gasteiger partial charge in [0, 0.05) is 6.04 Å². The van der Waals surface area contributed by atoms with Gasteiger partial charge in [0.05, 0.1) is 13.2 Å². The van der Waals surface area contributed by atoms with E-state index < -0.39 is 11.4 Å². The van der Waals surface area contributed by atoms with Crippen molar-refractivity contribution in [3.63, 3.8) is 0 Å². The average Bonchev–Trinajstić information content (AvgIpc) is 2.28. The summed E-state index contributed by atoms with van der Waals surface area (Å²) >= 11 is 0. The van der Waals surface area contributed by atoms with Crippen molar-refractivity contribution in [2.45, 2.75) is 32.0 Å². The summed E-state index contributed by atoms with van der Waals surface area (Å²) in [6.45, 7) is 4.80. The van der Waals surface area contributed by atoms with Gasteiger partial charge in [-0.05, 0) is 25.0 Å². The minimum atomic E-state index is -0.900. The lowest BCUT2D eigenvalue weighted by Crippen LogP contribution is -2.59. The van der Waals surface area contributed by atoms with Crippen LogP contribution < -0.4 is 11.1 Å². The van der Waals surface area contributed by atoms with Crippen molar-refractivity contribution in [1.82, 2.24) is 5.32 Å². The number of amides is 1. The van der Waals surface area contributed by atoms with Crippen LogP contribution in [0, 0.1) is 0 Å². The third kappa shape index (κ3) is 2.06. The van der Waals surface area contributed by atoms with Crippen LogP contribution in [0.1, 0.15) is 25.0 Å². The molecular formula is C13H18N2O2. The Bertz CT molecular complexity index is 431. The molecule has 0 aliphatic carbocycles. The third-order valence-corrected chi connectivity index (χ3v) is 3.01. The standard InChI is InChI=1S/C13H18N2O2/c1-9(2)15-13(12(14)16)8-17-7-10-5-3-4-6-11(10)13/h3-6,9,15H,7-8H2,1-2H3,(H2,14,16). The number of hydrogen-bond acceptors (Lipinski definition) is 3. The highest BCUT2D eigenvalue weighted by molar-refractivity contribution is 5.87. The molecular weight excluding hydrogens is 216 g/mol. The van der Waals surface area contributed by atoms with Crippen molar-refractivity contribution in [2.24, 2.45) is 5.73 Å². The maximum atomic E-state index is 11.9. The van der Waals surface area contributed by atoms with Crippen molar-refractivity contribution in [3.8, 4) is 0 Å². The van der Waals surface area contributed by atoms with Crippen LogP contribution in [0.3, 0.4) is 0 Å². The molecule has 1 aliphatic rings. The van der Waals surface area contributed by atoms with Crippen molar-refractivity contribution >= 4 is 5.91 Å². The van der Waals surface area contributed by atoms with Gasteiger partial charge in [-0.25, -0.2) is 0 Å². The van der Waals surface area contributed by atoms with Crippen molar-refractivity contribution in [3.05, 3.63) is 35.4 Å². The monoisotopic (exact) mass is 234 g/mol. The van der Waals surface area contributed by atoms with Gasteiger partial charge in [-0.3, -0.25) is 10.1 Å². The summed E-state index contributed by atoms with van der Waals surface area (Å²) in [5, 5.41) is 3.25. The van der Waals surface area contributed by atoms with Crippen LogP contribution in [0.25, 0.3) is 0 Å². The van der Waals surface area contributed by atoms with E-state index in [1.807, 2.05) is 38.1 Å². The Morgan fingerprint density at radius 2 is 2.18 bits per heavy atom. The molecule has 1 aromatic rings. The van der Waals surface area contributed by atoms with Gasteiger partial charge >= 0.3 is 0 Å². The number of nitrogens with one attached hydrogen (secondary N) is 1. The number of ether oxygens (including phenoxy) is 1. The number of carbonyl (C=O) groups excluding carboxylic acids is 1. The van der Waals surface area contributed by atoms with E-state index in [9.17, 15) is 4.79 Å². The lowest BCUT2D eigenvalue weighted by atomic mass is 9.84. The molecule has 1 amide bonds. The van der Waals surface area contributed by atoms with Crippen LogP contribution in [0.5, 0.6) is 0 Å². The van der Waals surface area contributed by atoms with Gasteiger partial charge in [0.25, 0.3) is 0 Å². The molecule has 92 valence electrons. The normalized spacial score (nSPS) is 23.5. The van der Waals surface area contributed by atoms with E-state index in [0.29, 0.717) is 6.61 Å². The molecule has 1 atom stereocenters. The summed E-state index contributed by atoms with van der Waals surface area (Å²) < 4.78 is 5.51. The van der Waals surface area contributed by atoms with Crippen LogP contribution in [0.4, 0.5) is 0 Å². The Balaban J connectivity index is 2.51. The van der Waals surface area contributed by atoms with E-state index in [4.69, 9.17) is 10.5 Å². The average molecular weight is 234 g/mol. The molecule has 1 aliphatic heterocycles. The molecule has 4 nitrogen and oxygen atoms in total. The van der Waals surface area contributed by atoms with Crippen LogP contribution in [0.15, 0.2) is 24.3 Å². The molecule has 2 rings (SSSR count). The zero-order valence-corrected chi connectivity index (χ0v) is 10.2. The number of benzene rings is 1. The number of primary amides is 1. The Hall–Kier alpha value is -1.39. The molecule has 1 heterocycles. The van der Waals surface area contributed by atoms with E-state index in [1.165, 1.54) is 0 Å². The summed E-state index contributed by atoms with van der Waals surface area (Å²) in [6, 6.07) is 7.92. The Labute approximate surface area is 101 Å². The number of fused-ring (bicyclic) bond motifs is 1. The fourth-order valence-electron chi connectivity index (χ4n) is 2.34. The second-order valence-corrected chi connectivity index (χ2v) is 4.72. The maximum Gasteiger partial charge on any atom is 0.244 e. The fraction of sp³-hybridized carbons (Fsp3) is 0.462. The van der Waals surface area contributed by atoms with Crippen molar-refractivity contribution in [2.75, 3.05) is 6.61 Å². The topological polar surface area (TPSA) is 64.3 Å². The first-order valence-corrected chi connectivity index (χ1v) is 5.80. The molecule has 0 bridgehead atoms. The highest BCUT2D eigenvalue weighted by atomic mass is 16.5. The lowest BCUT2D eigenvalue weighted by molar-refractivity contribution is -0.129. The summed E-state index contributed by atoms with van der Waals surface area (Å²) in [6.07, 6.45) is 0. The summed E-state index contributed by atoms with van der Waals surface area (Å²) in [4.78, 5) is 11.9. The number of nitrogens with two attached hydrogens (primary N) is 1. The zero-order chi connectivity index (χ0) is 12.5. The van der Waals surface area contributed by atoms with Crippen molar-refractivity contribution < 1.29 is 9.53 Å². The molecule has 0 saturated carbocycles. The summed E-state index contributed by atoms with van der Waals surface area (Å²) in [5.41, 5.74) is 6.64. The molecule has 0 radical (unpaired) electrons. The second-order valence-electron chi connectivity index (χ2n) is 4.72. The first kappa shape index (κ1) is 12.1. The first-order valence-electron chi connectivity index (χ1n) is 5.80. The molecule has 4 heteroatoms. The van der Waals surface area contributed by atoms with Gasteiger partial charge < -0.3 is 10.5 Å². The molecule has 0 saturated heterocycles. The van der Waals surface area contributed by atoms with Crippen LogP contribution in [-0.4, -0.2) is 18.6 Å². The fourth-order valence-corrected chi connectivity index (χ4v) is 2.34. The molecule has 1 unspecified atom stereocenters. The van der Waals surface area contributed by atoms with Crippen LogP contribution >= 0.6 is 0 Å². The minimum Gasteiger partial charge on any atom is -0.374 e. The van der Waals surface area contributed by atoms with Gasteiger partial charge in [-0.2, -0.15) is 0 Å². The van der Waals surface area contributed by atoms with Gasteiger partial charge in [-0.1, -0.05) is 24.3 Å². The Morgan fingerprint density at radius 1 is 1.47 bits per heavy atom. The predicted molar refractivity (Wildman–Crippen MR) is 65.2 cm³/mol. The zero-order valence-electron chi connectivity index (χ0n) is 10.2. The minimum absolute atomic E-state index is 0.150.